The molecule has 0 spiro atoms. The molecule has 7 nitrogen and oxygen atoms in total. The zero-order chi connectivity index (χ0) is 23.0. The summed E-state index contributed by atoms with van der Waals surface area (Å²) >= 11 is 6.49. The molecule has 0 bridgehead atoms. The molecule has 10 heteroatoms. The molecule has 1 aromatic carbocycles. The van der Waals surface area contributed by atoms with Crippen LogP contribution in [0.1, 0.15) is 44.6 Å². The Hall–Kier alpha value is -2.17. The maximum atomic E-state index is 13.4. The highest BCUT2D eigenvalue weighted by Crippen LogP contribution is 2.37. The number of carbonyl (C=O) groups is 1. The minimum Gasteiger partial charge on any atom is -0.420 e. The van der Waals surface area contributed by atoms with Crippen molar-refractivity contribution in [2.24, 2.45) is 0 Å². The molecule has 170 valence electrons. The molecule has 0 radical (unpaired) electrons. The van der Waals surface area contributed by atoms with Crippen LogP contribution < -0.4 is 4.90 Å². The van der Waals surface area contributed by atoms with Crippen LogP contribution in [0.5, 0.6) is 0 Å². The SMILES string of the molecule is Cc1ccc(S(=O)(=O)c2nc(C=C3SC(=S)N(C(C)C)C3=O)oc2N2CCCCC2)cc1. The van der Waals surface area contributed by atoms with Crippen molar-refractivity contribution < 1.29 is 17.6 Å². The third-order valence-electron chi connectivity index (χ3n) is 5.42. The van der Waals surface area contributed by atoms with Gasteiger partial charge >= 0.3 is 0 Å². The molecule has 2 saturated heterocycles. The first-order valence-corrected chi connectivity index (χ1v) is 13.2. The second-order valence-corrected chi connectivity index (χ2v) is 11.7. The molecule has 0 unspecified atom stereocenters. The second-order valence-electron chi connectivity index (χ2n) is 8.17. The van der Waals surface area contributed by atoms with Crippen LogP contribution >= 0.6 is 24.0 Å². The highest BCUT2D eigenvalue weighted by atomic mass is 32.2. The zero-order valence-electron chi connectivity index (χ0n) is 18.2. The fraction of sp³-hybridized carbons (Fsp3) is 0.409. The topological polar surface area (TPSA) is 83.7 Å². The van der Waals surface area contributed by atoms with Crippen molar-refractivity contribution in [2.45, 2.75) is 56.0 Å². The highest BCUT2D eigenvalue weighted by molar-refractivity contribution is 8.26. The number of thiocarbonyl (C=S) groups is 1. The van der Waals surface area contributed by atoms with Crippen molar-refractivity contribution in [1.82, 2.24) is 9.88 Å². The molecule has 0 atom stereocenters. The van der Waals surface area contributed by atoms with Gasteiger partial charge in [-0.15, -0.1) is 0 Å². The average molecular weight is 492 g/mol. The summed E-state index contributed by atoms with van der Waals surface area (Å²) in [6.45, 7) is 7.07. The minimum absolute atomic E-state index is 0.0700. The number of hydrogen-bond acceptors (Lipinski definition) is 8. The fourth-order valence-electron chi connectivity index (χ4n) is 3.71. The van der Waals surface area contributed by atoms with E-state index < -0.39 is 9.84 Å². The number of aromatic nitrogens is 1. The molecule has 2 aliphatic heterocycles. The van der Waals surface area contributed by atoms with Crippen molar-refractivity contribution >= 4 is 56.0 Å². The van der Waals surface area contributed by atoms with E-state index in [2.05, 4.69) is 4.98 Å². The summed E-state index contributed by atoms with van der Waals surface area (Å²) in [6, 6.07) is 6.59. The summed E-state index contributed by atoms with van der Waals surface area (Å²) in [5.74, 6) is 0.0899. The molecule has 0 saturated carbocycles. The number of nitrogens with zero attached hydrogens (tertiary/aromatic N) is 3. The number of anilines is 1. The number of rotatable bonds is 5. The van der Waals surface area contributed by atoms with E-state index >= 15 is 0 Å². The lowest BCUT2D eigenvalue weighted by molar-refractivity contribution is -0.123. The van der Waals surface area contributed by atoms with Crippen LogP contribution in [0.2, 0.25) is 0 Å². The predicted octanol–water partition coefficient (Wildman–Crippen LogP) is 4.42. The Bertz CT molecular complexity index is 1180. The Morgan fingerprint density at radius 3 is 2.41 bits per heavy atom. The summed E-state index contributed by atoms with van der Waals surface area (Å²) in [4.78, 5) is 21.1. The molecule has 0 N–H and O–H groups in total. The number of thioether (sulfide) groups is 1. The van der Waals surface area contributed by atoms with Gasteiger partial charge in [0, 0.05) is 25.2 Å². The molecular formula is C22H25N3O4S3. The number of amides is 1. The van der Waals surface area contributed by atoms with Gasteiger partial charge in [-0.3, -0.25) is 9.69 Å². The first-order chi connectivity index (χ1) is 15.2. The normalized spacial score (nSPS) is 18.9. The van der Waals surface area contributed by atoms with E-state index in [4.69, 9.17) is 16.6 Å². The molecule has 2 aliphatic rings. The maximum absolute atomic E-state index is 13.4. The van der Waals surface area contributed by atoms with Gasteiger partial charge in [-0.1, -0.05) is 41.7 Å². The molecule has 32 heavy (non-hydrogen) atoms. The number of piperidine rings is 1. The summed E-state index contributed by atoms with van der Waals surface area (Å²) < 4.78 is 33.3. The van der Waals surface area contributed by atoms with Gasteiger partial charge in [-0.25, -0.2) is 8.42 Å². The lowest BCUT2D eigenvalue weighted by Crippen LogP contribution is -2.34. The number of oxazole rings is 1. The monoisotopic (exact) mass is 491 g/mol. The summed E-state index contributed by atoms with van der Waals surface area (Å²) in [7, 11) is -3.90. The molecule has 1 amide bonds. The quantitative estimate of drug-likeness (QED) is 0.449. The third-order valence-corrected chi connectivity index (χ3v) is 8.42. The third kappa shape index (κ3) is 4.35. The molecule has 2 fully saturated rings. The second kappa shape index (κ2) is 8.99. The predicted molar refractivity (Wildman–Crippen MR) is 129 cm³/mol. The Morgan fingerprint density at radius 2 is 1.81 bits per heavy atom. The Labute approximate surface area is 197 Å². The van der Waals surface area contributed by atoms with Crippen LogP contribution in [0.15, 0.2) is 43.5 Å². The number of benzene rings is 1. The Morgan fingerprint density at radius 1 is 1.16 bits per heavy atom. The molecule has 4 rings (SSSR count). The van der Waals surface area contributed by atoms with Crippen LogP contribution in [-0.2, 0) is 14.6 Å². The number of sulfone groups is 1. The molecule has 1 aromatic heterocycles. The van der Waals surface area contributed by atoms with E-state index in [1.54, 1.807) is 24.3 Å². The van der Waals surface area contributed by atoms with E-state index in [1.165, 1.54) is 22.7 Å². The van der Waals surface area contributed by atoms with E-state index in [0.29, 0.717) is 22.3 Å². The van der Waals surface area contributed by atoms with Crippen LogP contribution in [0.3, 0.4) is 0 Å². The van der Waals surface area contributed by atoms with E-state index in [-0.39, 0.29) is 33.6 Å². The lowest BCUT2D eigenvalue weighted by atomic mass is 10.1. The van der Waals surface area contributed by atoms with Gasteiger partial charge < -0.3 is 9.32 Å². The van der Waals surface area contributed by atoms with Crippen LogP contribution in [0.25, 0.3) is 6.08 Å². The van der Waals surface area contributed by atoms with Gasteiger partial charge in [-0.2, -0.15) is 4.98 Å². The first-order valence-electron chi connectivity index (χ1n) is 10.5. The van der Waals surface area contributed by atoms with Crippen molar-refractivity contribution in [3.63, 3.8) is 0 Å². The fourth-order valence-corrected chi connectivity index (χ4v) is 6.53. The van der Waals surface area contributed by atoms with E-state index in [0.717, 1.165) is 24.8 Å². The van der Waals surface area contributed by atoms with Crippen LogP contribution in [0, 0.1) is 6.92 Å². The summed E-state index contributed by atoms with van der Waals surface area (Å²) in [6.07, 6.45) is 4.48. The smallest absolute Gasteiger partial charge is 0.266 e. The number of aryl methyl sites for hydroxylation is 1. The average Bonchev–Trinajstić information content (AvgIpc) is 3.30. The maximum Gasteiger partial charge on any atom is 0.266 e. The van der Waals surface area contributed by atoms with Crippen molar-refractivity contribution in [2.75, 3.05) is 18.0 Å². The zero-order valence-corrected chi connectivity index (χ0v) is 20.6. The van der Waals surface area contributed by atoms with Gasteiger partial charge in [0.15, 0.2) is 0 Å². The molecule has 2 aromatic rings. The van der Waals surface area contributed by atoms with Crippen molar-refractivity contribution in [1.29, 1.82) is 0 Å². The van der Waals surface area contributed by atoms with Gasteiger partial charge in [0.2, 0.25) is 26.6 Å². The van der Waals surface area contributed by atoms with Gasteiger partial charge in [0.25, 0.3) is 5.91 Å². The standard InChI is InChI=1S/C22H25N3O4S3/c1-14(2)25-20(26)17(31-22(25)30)13-18-23-19(21(29-18)24-11-5-4-6-12-24)32(27,28)16-9-7-15(3)8-10-16/h7-10,13-14H,4-6,11-12H2,1-3H3. The van der Waals surface area contributed by atoms with Gasteiger partial charge in [0.05, 0.1) is 9.80 Å². The summed E-state index contributed by atoms with van der Waals surface area (Å²) in [5, 5.41) is -0.117. The minimum atomic E-state index is -3.90. The molecule has 0 aliphatic carbocycles. The van der Waals surface area contributed by atoms with Crippen LogP contribution in [-0.4, -0.2) is 47.7 Å². The van der Waals surface area contributed by atoms with E-state index in [9.17, 15) is 13.2 Å². The van der Waals surface area contributed by atoms with Gasteiger partial charge in [-0.05, 0) is 52.2 Å². The lowest BCUT2D eigenvalue weighted by Gasteiger charge is -2.26. The largest absolute Gasteiger partial charge is 0.420 e. The first kappa shape index (κ1) is 23.0. The summed E-state index contributed by atoms with van der Waals surface area (Å²) in [5.41, 5.74) is 0.966. The number of hydrogen-bond donors (Lipinski definition) is 0. The van der Waals surface area contributed by atoms with Crippen molar-refractivity contribution in [3.05, 3.63) is 40.6 Å². The Kier molecular flexibility index (Phi) is 6.46. The molecular weight excluding hydrogens is 466 g/mol. The Balaban J connectivity index is 1.78. The van der Waals surface area contributed by atoms with Crippen LogP contribution in [0.4, 0.5) is 5.88 Å². The number of carbonyl (C=O) groups excluding carboxylic acids is 1. The highest BCUT2D eigenvalue weighted by Gasteiger charge is 2.35. The van der Waals surface area contributed by atoms with E-state index in [1.807, 2.05) is 25.7 Å². The molecule has 3 heterocycles. The van der Waals surface area contributed by atoms with Crippen molar-refractivity contribution in [3.8, 4) is 0 Å². The van der Waals surface area contributed by atoms with Gasteiger partial charge in [0.1, 0.15) is 4.32 Å².